The summed E-state index contributed by atoms with van der Waals surface area (Å²) < 4.78 is 0. The predicted molar refractivity (Wildman–Crippen MR) is 60.9 cm³/mol. The molecule has 0 aliphatic rings. The first-order valence-corrected chi connectivity index (χ1v) is 4.57. The Morgan fingerprint density at radius 1 is 0.769 bits per heavy atom. The van der Waals surface area contributed by atoms with E-state index in [1.165, 1.54) is 16.7 Å². The van der Waals surface area contributed by atoms with Gasteiger partial charge >= 0.3 is 0 Å². The molecule has 13 heavy (non-hydrogen) atoms. The fourth-order valence-corrected chi connectivity index (χ4v) is 1.31. The lowest BCUT2D eigenvalue weighted by molar-refractivity contribution is 0.349. The Morgan fingerprint density at radius 3 is 1.15 bits per heavy atom. The minimum absolute atomic E-state index is 0.930. The Kier molecular flexibility index (Phi) is 5.40. The lowest BCUT2D eigenvalue weighted by Crippen LogP contribution is -2.28. The highest BCUT2D eigenvalue weighted by molar-refractivity contribution is 5.02. The zero-order valence-corrected chi connectivity index (χ0v) is 9.19. The van der Waals surface area contributed by atoms with E-state index in [0.717, 1.165) is 19.6 Å². The first-order chi connectivity index (χ1) is 5.91. The van der Waals surface area contributed by atoms with Gasteiger partial charge in [-0.3, -0.25) is 4.90 Å². The summed E-state index contributed by atoms with van der Waals surface area (Å²) in [6.45, 7) is 20.7. The Hall–Kier alpha value is -0.820. The van der Waals surface area contributed by atoms with Crippen molar-refractivity contribution in [1.82, 2.24) is 4.90 Å². The first-order valence-electron chi connectivity index (χ1n) is 4.57. The molecule has 1 nitrogen and oxygen atoms in total. The fourth-order valence-electron chi connectivity index (χ4n) is 1.31. The Balaban J connectivity index is 4.10. The van der Waals surface area contributed by atoms with E-state index in [1.807, 2.05) is 20.8 Å². The SMILES string of the molecule is C=C(C)CN(CC(=C)C)CC(=C)C. The predicted octanol–water partition coefficient (Wildman–Crippen LogP) is 3.02. The van der Waals surface area contributed by atoms with Gasteiger partial charge in [0.25, 0.3) is 0 Å². The molecule has 0 aromatic carbocycles. The highest BCUT2D eigenvalue weighted by atomic mass is 15.1. The van der Waals surface area contributed by atoms with Crippen LogP contribution in [0.15, 0.2) is 36.5 Å². The molecule has 0 bridgehead atoms. The average Bonchev–Trinajstić information content (AvgIpc) is 1.80. The van der Waals surface area contributed by atoms with Crippen molar-refractivity contribution in [2.45, 2.75) is 20.8 Å². The van der Waals surface area contributed by atoms with Crippen LogP contribution >= 0.6 is 0 Å². The van der Waals surface area contributed by atoms with Crippen molar-refractivity contribution in [3.8, 4) is 0 Å². The standard InChI is InChI=1S/C12H21N/c1-10(2)7-13(8-11(3)4)9-12(5)6/h1,3,5,7-9H2,2,4,6H3. The van der Waals surface area contributed by atoms with E-state index >= 15 is 0 Å². The molecule has 0 fully saturated rings. The molecule has 0 atom stereocenters. The molecule has 0 spiro atoms. The van der Waals surface area contributed by atoms with Crippen molar-refractivity contribution in [3.63, 3.8) is 0 Å². The Labute approximate surface area is 82.4 Å². The van der Waals surface area contributed by atoms with Gasteiger partial charge in [0.1, 0.15) is 0 Å². The normalized spacial score (nSPS) is 10.2. The Bertz CT molecular complexity index is 175. The molecule has 1 heteroatoms. The van der Waals surface area contributed by atoms with Gasteiger partial charge in [-0.25, -0.2) is 0 Å². The summed E-state index contributed by atoms with van der Waals surface area (Å²) in [5.41, 5.74) is 3.55. The van der Waals surface area contributed by atoms with E-state index < -0.39 is 0 Å². The van der Waals surface area contributed by atoms with Gasteiger partial charge in [0.05, 0.1) is 0 Å². The quantitative estimate of drug-likeness (QED) is 0.566. The molecule has 0 unspecified atom stereocenters. The second kappa shape index (κ2) is 5.76. The van der Waals surface area contributed by atoms with E-state index in [-0.39, 0.29) is 0 Å². The number of rotatable bonds is 6. The van der Waals surface area contributed by atoms with Crippen LogP contribution in [0.1, 0.15) is 20.8 Å². The van der Waals surface area contributed by atoms with Crippen LogP contribution in [0.4, 0.5) is 0 Å². The van der Waals surface area contributed by atoms with Crippen LogP contribution in [0.25, 0.3) is 0 Å². The van der Waals surface area contributed by atoms with Gasteiger partial charge < -0.3 is 0 Å². The molecule has 0 saturated heterocycles. The van der Waals surface area contributed by atoms with E-state index in [9.17, 15) is 0 Å². The van der Waals surface area contributed by atoms with Crippen LogP contribution in [0.2, 0.25) is 0 Å². The van der Waals surface area contributed by atoms with Crippen LogP contribution < -0.4 is 0 Å². The molecular formula is C12H21N. The van der Waals surface area contributed by atoms with Crippen LogP contribution in [0.5, 0.6) is 0 Å². The average molecular weight is 179 g/mol. The highest BCUT2D eigenvalue weighted by Crippen LogP contribution is 2.03. The maximum Gasteiger partial charge on any atom is 0.0194 e. The number of hydrogen-bond donors (Lipinski definition) is 0. The first kappa shape index (κ1) is 12.2. The van der Waals surface area contributed by atoms with Crippen molar-refractivity contribution in [3.05, 3.63) is 36.5 Å². The summed E-state index contributed by atoms with van der Waals surface area (Å²) in [7, 11) is 0. The van der Waals surface area contributed by atoms with E-state index in [2.05, 4.69) is 24.6 Å². The molecule has 0 aromatic heterocycles. The highest BCUT2D eigenvalue weighted by Gasteiger charge is 2.04. The molecule has 0 heterocycles. The third-order valence-electron chi connectivity index (χ3n) is 1.48. The molecule has 0 aliphatic heterocycles. The minimum Gasteiger partial charge on any atom is -0.292 e. The van der Waals surface area contributed by atoms with Gasteiger partial charge in [0, 0.05) is 19.6 Å². The van der Waals surface area contributed by atoms with Gasteiger partial charge in [-0.1, -0.05) is 36.5 Å². The smallest absolute Gasteiger partial charge is 0.0194 e. The van der Waals surface area contributed by atoms with Gasteiger partial charge in [0.15, 0.2) is 0 Å². The van der Waals surface area contributed by atoms with Crippen LogP contribution in [0, 0.1) is 0 Å². The van der Waals surface area contributed by atoms with Crippen molar-refractivity contribution in [1.29, 1.82) is 0 Å². The summed E-state index contributed by atoms with van der Waals surface area (Å²) in [4.78, 5) is 2.30. The van der Waals surface area contributed by atoms with Crippen molar-refractivity contribution >= 4 is 0 Å². The number of nitrogens with zero attached hydrogens (tertiary/aromatic N) is 1. The molecule has 0 radical (unpaired) electrons. The molecule has 0 aromatic rings. The Morgan fingerprint density at radius 2 is 1.00 bits per heavy atom. The van der Waals surface area contributed by atoms with Crippen molar-refractivity contribution in [2.24, 2.45) is 0 Å². The molecule has 0 aliphatic carbocycles. The zero-order valence-electron chi connectivity index (χ0n) is 9.19. The molecule has 0 amide bonds. The summed E-state index contributed by atoms with van der Waals surface area (Å²) in [5, 5.41) is 0. The summed E-state index contributed by atoms with van der Waals surface area (Å²) in [5.74, 6) is 0. The van der Waals surface area contributed by atoms with E-state index in [0.29, 0.717) is 0 Å². The minimum atomic E-state index is 0.930. The van der Waals surface area contributed by atoms with Crippen LogP contribution in [0.3, 0.4) is 0 Å². The van der Waals surface area contributed by atoms with Gasteiger partial charge in [-0.2, -0.15) is 0 Å². The fraction of sp³-hybridized carbons (Fsp3) is 0.500. The summed E-state index contributed by atoms with van der Waals surface area (Å²) in [6, 6.07) is 0. The lowest BCUT2D eigenvalue weighted by Gasteiger charge is -2.22. The second-order valence-corrected chi connectivity index (χ2v) is 4.02. The zero-order chi connectivity index (χ0) is 10.4. The van der Waals surface area contributed by atoms with E-state index in [1.54, 1.807) is 0 Å². The van der Waals surface area contributed by atoms with Gasteiger partial charge in [-0.05, 0) is 20.8 Å². The molecular weight excluding hydrogens is 158 g/mol. The summed E-state index contributed by atoms with van der Waals surface area (Å²) in [6.07, 6.45) is 0. The third-order valence-corrected chi connectivity index (χ3v) is 1.48. The van der Waals surface area contributed by atoms with Gasteiger partial charge in [-0.15, -0.1) is 0 Å². The monoisotopic (exact) mass is 179 g/mol. The largest absolute Gasteiger partial charge is 0.292 e. The molecule has 74 valence electrons. The van der Waals surface area contributed by atoms with Gasteiger partial charge in [0.2, 0.25) is 0 Å². The number of hydrogen-bond acceptors (Lipinski definition) is 1. The molecule has 0 rings (SSSR count). The second-order valence-electron chi connectivity index (χ2n) is 4.02. The molecule has 0 N–H and O–H groups in total. The topological polar surface area (TPSA) is 3.24 Å². The lowest BCUT2D eigenvalue weighted by atomic mass is 10.2. The van der Waals surface area contributed by atoms with Crippen molar-refractivity contribution < 1.29 is 0 Å². The van der Waals surface area contributed by atoms with Crippen molar-refractivity contribution in [2.75, 3.05) is 19.6 Å². The third kappa shape index (κ3) is 7.54. The van der Waals surface area contributed by atoms with E-state index in [4.69, 9.17) is 0 Å². The molecule has 0 saturated carbocycles. The maximum atomic E-state index is 3.91. The maximum absolute atomic E-state index is 3.91. The van der Waals surface area contributed by atoms with Crippen LogP contribution in [-0.2, 0) is 0 Å². The summed E-state index contributed by atoms with van der Waals surface area (Å²) >= 11 is 0. The van der Waals surface area contributed by atoms with Crippen LogP contribution in [-0.4, -0.2) is 24.5 Å².